The zero-order chi connectivity index (χ0) is 20.0. The van der Waals surface area contributed by atoms with E-state index in [1.807, 2.05) is 0 Å². The number of rotatable bonds is 7. The van der Waals surface area contributed by atoms with Gasteiger partial charge in [-0.3, -0.25) is 4.79 Å². The smallest absolute Gasteiger partial charge is 0.235 e. The van der Waals surface area contributed by atoms with Gasteiger partial charge in [0.2, 0.25) is 5.91 Å². The normalized spacial score (nSPS) is 15.0. The molecule has 0 bridgehead atoms. The summed E-state index contributed by atoms with van der Waals surface area (Å²) in [7, 11) is 0. The fourth-order valence-electron chi connectivity index (χ4n) is 3.79. The fourth-order valence-corrected chi connectivity index (χ4v) is 3.79. The fraction of sp³-hybridized carbons (Fsp3) is 0.391. The number of unbranched alkanes of at least 4 members (excludes halogenated alkanes) is 1. The van der Waals surface area contributed by atoms with Gasteiger partial charge in [-0.25, -0.2) is 4.39 Å². The van der Waals surface area contributed by atoms with Crippen molar-refractivity contribution in [2.45, 2.75) is 50.9 Å². The summed E-state index contributed by atoms with van der Waals surface area (Å²) >= 11 is 0. The predicted octanol–water partition coefficient (Wildman–Crippen LogP) is 5.33. The molecule has 0 aromatic heterocycles. The number of carbonyl (C=O) groups is 1. The third-order valence-electron chi connectivity index (χ3n) is 5.41. The highest BCUT2D eigenvalue weighted by Gasteiger charge is 2.42. The van der Waals surface area contributed by atoms with Crippen LogP contribution in [0.15, 0.2) is 42.5 Å². The van der Waals surface area contributed by atoms with Crippen molar-refractivity contribution in [2.75, 3.05) is 11.9 Å². The number of nitriles is 1. The molecule has 1 saturated carbocycles. The Morgan fingerprint density at radius 1 is 1.21 bits per heavy atom. The van der Waals surface area contributed by atoms with Crippen molar-refractivity contribution in [2.24, 2.45) is 0 Å². The van der Waals surface area contributed by atoms with Gasteiger partial charge in [0, 0.05) is 0 Å². The summed E-state index contributed by atoms with van der Waals surface area (Å²) in [6.45, 7) is 2.68. The van der Waals surface area contributed by atoms with Gasteiger partial charge in [-0.05, 0) is 55.2 Å². The van der Waals surface area contributed by atoms with Crippen molar-refractivity contribution in [1.29, 1.82) is 5.26 Å². The summed E-state index contributed by atoms with van der Waals surface area (Å²) in [5, 5.41) is 12.4. The summed E-state index contributed by atoms with van der Waals surface area (Å²) in [5.41, 5.74) is 0.983. The van der Waals surface area contributed by atoms with Crippen LogP contribution in [-0.4, -0.2) is 12.5 Å². The first-order valence-corrected chi connectivity index (χ1v) is 9.83. The highest BCUT2D eigenvalue weighted by atomic mass is 19.1. The average Bonchev–Trinajstić information content (AvgIpc) is 3.21. The summed E-state index contributed by atoms with van der Waals surface area (Å²) < 4.78 is 19.0. The van der Waals surface area contributed by atoms with Crippen molar-refractivity contribution in [3.8, 4) is 11.8 Å². The Morgan fingerprint density at radius 2 is 1.93 bits per heavy atom. The van der Waals surface area contributed by atoms with E-state index in [4.69, 9.17) is 4.74 Å². The van der Waals surface area contributed by atoms with Gasteiger partial charge < -0.3 is 10.1 Å². The maximum Gasteiger partial charge on any atom is 0.235 e. The zero-order valence-corrected chi connectivity index (χ0v) is 16.1. The Labute approximate surface area is 165 Å². The molecule has 5 heteroatoms. The van der Waals surface area contributed by atoms with E-state index in [0.29, 0.717) is 36.4 Å². The van der Waals surface area contributed by atoms with Crippen LogP contribution in [0.3, 0.4) is 0 Å². The van der Waals surface area contributed by atoms with Crippen LogP contribution in [0.5, 0.6) is 5.75 Å². The van der Waals surface area contributed by atoms with E-state index in [-0.39, 0.29) is 11.7 Å². The molecule has 146 valence electrons. The number of amides is 1. The van der Waals surface area contributed by atoms with Crippen LogP contribution in [0.1, 0.15) is 56.6 Å². The van der Waals surface area contributed by atoms with Crippen LogP contribution in [0, 0.1) is 17.1 Å². The third kappa shape index (κ3) is 4.17. The number of anilines is 1. The van der Waals surface area contributed by atoms with Gasteiger partial charge in [0.15, 0.2) is 0 Å². The van der Waals surface area contributed by atoms with E-state index in [1.165, 1.54) is 12.1 Å². The van der Waals surface area contributed by atoms with Crippen LogP contribution in [-0.2, 0) is 10.2 Å². The van der Waals surface area contributed by atoms with Gasteiger partial charge in [0.1, 0.15) is 17.6 Å². The molecule has 0 spiro atoms. The van der Waals surface area contributed by atoms with Gasteiger partial charge in [0.25, 0.3) is 0 Å². The molecule has 3 rings (SSSR count). The van der Waals surface area contributed by atoms with Crippen molar-refractivity contribution >= 4 is 11.6 Å². The Morgan fingerprint density at radius 3 is 2.57 bits per heavy atom. The average molecular weight is 380 g/mol. The number of nitrogens with one attached hydrogen (secondary N) is 1. The van der Waals surface area contributed by atoms with Gasteiger partial charge in [-0.2, -0.15) is 5.26 Å². The second-order valence-corrected chi connectivity index (χ2v) is 7.27. The first-order valence-electron chi connectivity index (χ1n) is 9.83. The summed E-state index contributed by atoms with van der Waals surface area (Å²) in [6.07, 6.45) is 5.29. The number of ether oxygens (including phenoxy) is 1. The first-order chi connectivity index (χ1) is 13.6. The molecule has 1 aliphatic rings. The topological polar surface area (TPSA) is 62.1 Å². The van der Waals surface area contributed by atoms with E-state index in [1.54, 1.807) is 30.3 Å². The third-order valence-corrected chi connectivity index (χ3v) is 5.41. The van der Waals surface area contributed by atoms with Crippen LogP contribution < -0.4 is 10.1 Å². The molecule has 0 atom stereocenters. The molecule has 1 fully saturated rings. The molecule has 1 amide bonds. The Bertz CT molecular complexity index is 865. The SMILES string of the molecule is CCCCOc1ccc(NC(=O)C2(c3ccc(F)cc3)CCCC2)c(C#N)c1. The molecule has 28 heavy (non-hydrogen) atoms. The molecule has 1 N–H and O–H groups in total. The number of benzene rings is 2. The van der Waals surface area contributed by atoms with E-state index < -0.39 is 5.41 Å². The highest BCUT2D eigenvalue weighted by Crippen LogP contribution is 2.42. The molecular formula is C23H25FN2O2. The lowest BCUT2D eigenvalue weighted by Gasteiger charge is -2.28. The number of halogens is 1. The van der Waals surface area contributed by atoms with Crippen LogP contribution in [0.4, 0.5) is 10.1 Å². The molecule has 2 aromatic rings. The second kappa shape index (κ2) is 8.88. The largest absolute Gasteiger partial charge is 0.494 e. The maximum absolute atomic E-state index is 13.3. The van der Waals surface area contributed by atoms with Crippen molar-refractivity contribution in [1.82, 2.24) is 0 Å². The summed E-state index contributed by atoms with van der Waals surface area (Å²) in [4.78, 5) is 13.2. The number of nitrogens with zero attached hydrogens (tertiary/aromatic N) is 1. The molecule has 0 radical (unpaired) electrons. The van der Waals surface area contributed by atoms with Crippen molar-refractivity contribution in [3.05, 3.63) is 59.4 Å². The quantitative estimate of drug-likeness (QED) is 0.661. The molecular weight excluding hydrogens is 355 g/mol. The standard InChI is InChI=1S/C23H25FN2O2/c1-2-3-14-28-20-10-11-21(17(15-20)16-25)26-22(27)23(12-4-5-13-23)18-6-8-19(24)9-7-18/h6-11,15H,2-5,12-14H2,1H3,(H,26,27). The lowest BCUT2D eigenvalue weighted by molar-refractivity contribution is -0.121. The van der Waals surface area contributed by atoms with Crippen LogP contribution in [0.2, 0.25) is 0 Å². The minimum absolute atomic E-state index is 0.146. The predicted molar refractivity (Wildman–Crippen MR) is 107 cm³/mol. The Hall–Kier alpha value is -2.87. The van der Waals surface area contributed by atoms with Gasteiger partial charge in [0.05, 0.1) is 23.3 Å². The number of hydrogen-bond donors (Lipinski definition) is 1. The van der Waals surface area contributed by atoms with Gasteiger partial charge in [-0.1, -0.05) is 38.3 Å². The van der Waals surface area contributed by atoms with E-state index >= 15 is 0 Å². The molecule has 2 aromatic carbocycles. The van der Waals surface area contributed by atoms with E-state index in [9.17, 15) is 14.4 Å². The minimum Gasteiger partial charge on any atom is -0.494 e. The van der Waals surface area contributed by atoms with Crippen molar-refractivity contribution in [3.63, 3.8) is 0 Å². The summed E-state index contributed by atoms with van der Waals surface area (Å²) in [6, 6.07) is 13.4. The molecule has 0 aliphatic heterocycles. The molecule has 0 unspecified atom stereocenters. The minimum atomic E-state index is -0.684. The Balaban J connectivity index is 1.82. The molecule has 4 nitrogen and oxygen atoms in total. The van der Waals surface area contributed by atoms with Crippen LogP contribution >= 0.6 is 0 Å². The number of carbonyl (C=O) groups excluding carboxylic acids is 1. The van der Waals surface area contributed by atoms with E-state index in [2.05, 4.69) is 18.3 Å². The monoisotopic (exact) mass is 380 g/mol. The molecule has 0 saturated heterocycles. The lowest BCUT2D eigenvalue weighted by Crippen LogP contribution is -2.38. The maximum atomic E-state index is 13.3. The first kappa shape index (κ1) is 19.9. The lowest BCUT2D eigenvalue weighted by atomic mass is 9.78. The second-order valence-electron chi connectivity index (χ2n) is 7.27. The summed E-state index contributed by atoms with van der Waals surface area (Å²) in [5.74, 6) is 0.160. The molecule has 0 heterocycles. The zero-order valence-electron chi connectivity index (χ0n) is 16.1. The van der Waals surface area contributed by atoms with E-state index in [0.717, 1.165) is 31.2 Å². The Kier molecular flexibility index (Phi) is 6.30. The van der Waals surface area contributed by atoms with Gasteiger partial charge in [-0.15, -0.1) is 0 Å². The molecule has 1 aliphatic carbocycles. The van der Waals surface area contributed by atoms with Gasteiger partial charge >= 0.3 is 0 Å². The highest BCUT2D eigenvalue weighted by molar-refractivity contribution is 6.00. The van der Waals surface area contributed by atoms with Crippen LogP contribution in [0.25, 0.3) is 0 Å². The van der Waals surface area contributed by atoms with Crippen molar-refractivity contribution < 1.29 is 13.9 Å². The number of hydrogen-bond acceptors (Lipinski definition) is 3.